The highest BCUT2D eigenvalue weighted by atomic mass is 16.6. The smallest absolute Gasteiger partial charge is 0.410 e. The van der Waals surface area contributed by atoms with Crippen molar-refractivity contribution in [3.63, 3.8) is 0 Å². The van der Waals surface area contributed by atoms with Gasteiger partial charge < -0.3 is 24.0 Å². The Kier molecular flexibility index (Phi) is 6.27. The summed E-state index contributed by atoms with van der Waals surface area (Å²) in [4.78, 5) is 26.3. The largest absolute Gasteiger partial charge is 0.489 e. The lowest BCUT2D eigenvalue weighted by atomic mass is 10.0. The van der Waals surface area contributed by atoms with Crippen molar-refractivity contribution >= 4 is 6.09 Å². The van der Waals surface area contributed by atoms with Crippen molar-refractivity contribution in [3.8, 4) is 5.75 Å². The molecule has 2 atom stereocenters. The van der Waals surface area contributed by atoms with Gasteiger partial charge in [0.15, 0.2) is 0 Å². The number of β-amino-alcohol motifs (C(OH)–C–C–N with tert-alkyl or cyclic N) is 1. The van der Waals surface area contributed by atoms with Crippen LogP contribution in [0.5, 0.6) is 5.75 Å². The van der Waals surface area contributed by atoms with E-state index in [0.29, 0.717) is 25.3 Å². The molecule has 1 aromatic carbocycles. The molecular formula is C22H28N2O5. The van der Waals surface area contributed by atoms with E-state index < -0.39 is 23.8 Å². The van der Waals surface area contributed by atoms with Gasteiger partial charge in [0.2, 0.25) is 0 Å². The summed E-state index contributed by atoms with van der Waals surface area (Å²) in [6.45, 7) is 6.31. The second-order valence-corrected chi connectivity index (χ2v) is 8.23. The number of nitrogens with zero attached hydrogens (tertiary/aromatic N) is 2. The number of aromatic nitrogens is 1. The Hall–Kier alpha value is -2.80. The summed E-state index contributed by atoms with van der Waals surface area (Å²) < 4.78 is 12.6. The molecule has 29 heavy (non-hydrogen) atoms. The van der Waals surface area contributed by atoms with E-state index in [1.165, 1.54) is 15.5 Å². The zero-order valence-corrected chi connectivity index (χ0v) is 17.1. The van der Waals surface area contributed by atoms with Gasteiger partial charge in [-0.15, -0.1) is 0 Å². The van der Waals surface area contributed by atoms with E-state index in [-0.39, 0.29) is 12.1 Å². The minimum atomic E-state index is -0.856. The Morgan fingerprint density at radius 3 is 2.55 bits per heavy atom. The van der Waals surface area contributed by atoms with Crippen molar-refractivity contribution in [2.24, 2.45) is 0 Å². The molecule has 0 spiro atoms. The minimum Gasteiger partial charge on any atom is -0.489 e. The highest BCUT2D eigenvalue weighted by Crippen LogP contribution is 2.24. The van der Waals surface area contributed by atoms with Gasteiger partial charge in [-0.3, -0.25) is 4.79 Å². The van der Waals surface area contributed by atoms with Gasteiger partial charge in [0.25, 0.3) is 5.56 Å². The molecule has 7 heteroatoms. The standard InChI is InChI=1S/C22H28N2O5/c1-22(2,3)29-21(27)23-11-10-18(19(25)14-23)24-12-9-17(13-20(24)26)28-15-16-7-5-4-6-8-16/h4-9,12-13,18-19,25H,10-11,14-15H2,1-3H3. The first-order chi connectivity index (χ1) is 13.7. The fourth-order valence-electron chi connectivity index (χ4n) is 3.31. The Balaban J connectivity index is 1.62. The number of aliphatic hydroxyl groups excluding tert-OH is 1. The van der Waals surface area contributed by atoms with E-state index in [9.17, 15) is 14.7 Å². The Morgan fingerprint density at radius 2 is 1.93 bits per heavy atom. The van der Waals surface area contributed by atoms with Crippen LogP contribution in [0.2, 0.25) is 0 Å². The van der Waals surface area contributed by atoms with Gasteiger partial charge in [0, 0.05) is 18.8 Å². The number of hydrogen-bond acceptors (Lipinski definition) is 5. The molecule has 156 valence electrons. The van der Waals surface area contributed by atoms with Gasteiger partial charge in [0.1, 0.15) is 18.0 Å². The third kappa shape index (κ3) is 5.60. The quantitative estimate of drug-likeness (QED) is 0.853. The number of piperidine rings is 1. The Bertz CT molecular complexity index is 888. The molecule has 1 saturated heterocycles. The number of pyridine rings is 1. The maximum Gasteiger partial charge on any atom is 0.410 e. The number of rotatable bonds is 4. The number of aliphatic hydroxyl groups is 1. The average Bonchev–Trinajstić information content (AvgIpc) is 2.66. The van der Waals surface area contributed by atoms with Crippen LogP contribution in [-0.2, 0) is 11.3 Å². The van der Waals surface area contributed by atoms with Crippen LogP contribution in [0.4, 0.5) is 4.79 Å². The van der Waals surface area contributed by atoms with E-state index in [1.54, 1.807) is 33.0 Å². The van der Waals surface area contributed by atoms with Crippen LogP contribution < -0.4 is 10.3 Å². The van der Waals surface area contributed by atoms with E-state index in [2.05, 4.69) is 0 Å². The molecule has 3 rings (SSSR count). The number of carbonyl (C=O) groups is 1. The summed E-state index contributed by atoms with van der Waals surface area (Å²) in [6, 6.07) is 12.5. The first kappa shape index (κ1) is 20.9. The second-order valence-electron chi connectivity index (χ2n) is 8.23. The SMILES string of the molecule is CC(C)(C)OC(=O)N1CCC(n2ccc(OCc3ccccc3)cc2=O)C(O)C1. The maximum atomic E-state index is 12.6. The Morgan fingerprint density at radius 1 is 1.21 bits per heavy atom. The van der Waals surface area contributed by atoms with Crippen molar-refractivity contribution in [2.45, 2.75) is 51.5 Å². The fourth-order valence-corrected chi connectivity index (χ4v) is 3.31. The molecule has 1 fully saturated rings. The van der Waals surface area contributed by atoms with Crippen molar-refractivity contribution in [1.82, 2.24) is 9.47 Å². The number of hydrogen-bond donors (Lipinski definition) is 1. The number of ether oxygens (including phenoxy) is 2. The molecule has 1 aliphatic heterocycles. The van der Waals surface area contributed by atoms with E-state index in [4.69, 9.17) is 9.47 Å². The third-order valence-electron chi connectivity index (χ3n) is 4.72. The molecule has 0 aliphatic carbocycles. The number of amides is 1. The lowest BCUT2D eigenvalue weighted by Gasteiger charge is -2.37. The second kappa shape index (κ2) is 8.69. The van der Waals surface area contributed by atoms with Crippen LogP contribution in [0.3, 0.4) is 0 Å². The van der Waals surface area contributed by atoms with Crippen LogP contribution in [-0.4, -0.2) is 45.5 Å². The van der Waals surface area contributed by atoms with Gasteiger partial charge in [0.05, 0.1) is 18.7 Å². The van der Waals surface area contributed by atoms with Crippen LogP contribution in [0, 0.1) is 0 Å². The third-order valence-corrected chi connectivity index (χ3v) is 4.72. The summed E-state index contributed by atoms with van der Waals surface area (Å²) in [5.41, 5.74) is 0.178. The van der Waals surface area contributed by atoms with Crippen molar-refractivity contribution < 1.29 is 19.4 Å². The molecule has 2 aromatic rings. The van der Waals surface area contributed by atoms with Crippen LogP contribution in [0.15, 0.2) is 53.5 Å². The number of likely N-dealkylation sites (tertiary alicyclic amines) is 1. The molecule has 1 aliphatic rings. The lowest BCUT2D eigenvalue weighted by molar-refractivity contribution is -0.0105. The Labute approximate surface area is 170 Å². The summed E-state index contributed by atoms with van der Waals surface area (Å²) in [5, 5.41) is 10.5. The predicted octanol–water partition coefficient (Wildman–Crippen LogP) is 2.97. The van der Waals surface area contributed by atoms with Gasteiger partial charge in [-0.2, -0.15) is 0 Å². The molecule has 0 radical (unpaired) electrons. The van der Waals surface area contributed by atoms with Crippen molar-refractivity contribution in [1.29, 1.82) is 0 Å². The summed E-state index contributed by atoms with van der Waals surface area (Å²) >= 11 is 0. The van der Waals surface area contributed by atoms with E-state index in [0.717, 1.165) is 5.56 Å². The van der Waals surface area contributed by atoms with Gasteiger partial charge in [-0.1, -0.05) is 30.3 Å². The fraction of sp³-hybridized carbons (Fsp3) is 0.455. The monoisotopic (exact) mass is 400 g/mol. The van der Waals surface area contributed by atoms with E-state index >= 15 is 0 Å². The van der Waals surface area contributed by atoms with Crippen LogP contribution >= 0.6 is 0 Å². The zero-order chi connectivity index (χ0) is 21.0. The number of benzene rings is 1. The zero-order valence-electron chi connectivity index (χ0n) is 17.1. The van der Waals surface area contributed by atoms with Gasteiger partial charge >= 0.3 is 6.09 Å². The van der Waals surface area contributed by atoms with Crippen LogP contribution in [0.1, 0.15) is 38.8 Å². The predicted molar refractivity (Wildman–Crippen MR) is 109 cm³/mol. The summed E-state index contributed by atoms with van der Waals surface area (Å²) in [6.07, 6.45) is 0.793. The molecule has 0 bridgehead atoms. The highest BCUT2D eigenvalue weighted by Gasteiger charge is 2.33. The molecule has 1 aromatic heterocycles. The van der Waals surface area contributed by atoms with Gasteiger partial charge in [-0.05, 0) is 38.8 Å². The average molecular weight is 400 g/mol. The highest BCUT2D eigenvalue weighted by molar-refractivity contribution is 5.68. The molecule has 2 unspecified atom stereocenters. The van der Waals surface area contributed by atoms with Crippen molar-refractivity contribution in [3.05, 3.63) is 64.6 Å². The van der Waals surface area contributed by atoms with Gasteiger partial charge in [-0.25, -0.2) is 4.79 Å². The molecule has 7 nitrogen and oxygen atoms in total. The molecule has 1 N–H and O–H groups in total. The first-order valence-corrected chi connectivity index (χ1v) is 9.78. The molecule has 1 amide bonds. The molecule has 0 saturated carbocycles. The maximum absolute atomic E-state index is 12.6. The molecule has 2 heterocycles. The summed E-state index contributed by atoms with van der Waals surface area (Å²) in [5.74, 6) is 0.482. The summed E-state index contributed by atoms with van der Waals surface area (Å²) in [7, 11) is 0. The van der Waals surface area contributed by atoms with Crippen molar-refractivity contribution in [2.75, 3.05) is 13.1 Å². The van der Waals surface area contributed by atoms with E-state index in [1.807, 2.05) is 30.3 Å². The lowest BCUT2D eigenvalue weighted by Crippen LogP contribution is -2.49. The first-order valence-electron chi connectivity index (χ1n) is 9.78. The molecular weight excluding hydrogens is 372 g/mol. The minimum absolute atomic E-state index is 0.123. The topological polar surface area (TPSA) is 81.0 Å². The van der Waals surface area contributed by atoms with Crippen LogP contribution in [0.25, 0.3) is 0 Å². The normalized spacial score (nSPS) is 19.7. The number of carbonyl (C=O) groups excluding carboxylic acids is 1.